The molecule has 1 aliphatic carbocycles. The van der Waals surface area contributed by atoms with Gasteiger partial charge in [0.05, 0.1) is 3.79 Å². The Morgan fingerprint density at radius 1 is 1.33 bits per heavy atom. The summed E-state index contributed by atoms with van der Waals surface area (Å²) in [5.74, 6) is 1.43. The molecule has 1 aromatic heterocycles. The number of hydrogen-bond acceptors (Lipinski definition) is 2. The summed E-state index contributed by atoms with van der Waals surface area (Å²) in [5, 5.41) is 0. The van der Waals surface area contributed by atoms with Crippen molar-refractivity contribution in [2.24, 2.45) is 11.7 Å². The third-order valence-corrected chi connectivity index (χ3v) is 5.19. The van der Waals surface area contributed by atoms with Gasteiger partial charge in [0.25, 0.3) is 0 Å². The molecule has 84 valence electrons. The first-order valence-electron chi connectivity index (χ1n) is 5.76. The van der Waals surface area contributed by atoms with Crippen LogP contribution >= 0.6 is 27.3 Å². The van der Waals surface area contributed by atoms with Gasteiger partial charge in [-0.2, -0.15) is 0 Å². The van der Waals surface area contributed by atoms with Crippen LogP contribution in [0.5, 0.6) is 0 Å². The van der Waals surface area contributed by atoms with Crippen LogP contribution in [0.1, 0.15) is 42.9 Å². The lowest BCUT2D eigenvalue weighted by Gasteiger charge is -2.28. The van der Waals surface area contributed by atoms with Gasteiger partial charge in [0.1, 0.15) is 0 Å². The third kappa shape index (κ3) is 2.83. The third-order valence-electron chi connectivity index (χ3n) is 3.43. The van der Waals surface area contributed by atoms with Gasteiger partial charge in [-0.05, 0) is 46.8 Å². The van der Waals surface area contributed by atoms with E-state index in [9.17, 15) is 0 Å². The van der Waals surface area contributed by atoms with E-state index >= 15 is 0 Å². The van der Waals surface area contributed by atoms with E-state index in [0.29, 0.717) is 5.92 Å². The maximum Gasteiger partial charge on any atom is 0.0701 e. The van der Waals surface area contributed by atoms with Gasteiger partial charge >= 0.3 is 0 Å². The van der Waals surface area contributed by atoms with Crippen molar-refractivity contribution in [3.8, 4) is 0 Å². The zero-order valence-corrected chi connectivity index (χ0v) is 11.3. The minimum Gasteiger partial charge on any atom is -0.330 e. The van der Waals surface area contributed by atoms with Crippen LogP contribution in [0.2, 0.25) is 0 Å². The second-order valence-electron chi connectivity index (χ2n) is 4.38. The second kappa shape index (κ2) is 5.46. The van der Waals surface area contributed by atoms with Gasteiger partial charge in [-0.3, -0.25) is 0 Å². The summed E-state index contributed by atoms with van der Waals surface area (Å²) in [6.07, 6.45) is 6.96. The molecule has 1 nitrogen and oxygen atoms in total. The van der Waals surface area contributed by atoms with Crippen molar-refractivity contribution < 1.29 is 0 Å². The fraction of sp³-hybridized carbons (Fsp3) is 0.667. The Kier molecular flexibility index (Phi) is 4.23. The van der Waals surface area contributed by atoms with E-state index < -0.39 is 0 Å². The number of rotatable bonds is 3. The predicted molar refractivity (Wildman–Crippen MR) is 70.4 cm³/mol. The lowest BCUT2D eigenvalue weighted by atomic mass is 9.79. The van der Waals surface area contributed by atoms with E-state index in [-0.39, 0.29) is 0 Å². The van der Waals surface area contributed by atoms with Crippen LogP contribution < -0.4 is 5.73 Å². The number of thiophene rings is 1. The Morgan fingerprint density at radius 3 is 2.60 bits per heavy atom. The molecule has 0 aromatic carbocycles. The number of nitrogens with two attached hydrogens (primary N) is 1. The normalized spacial score (nSPS) is 20.4. The molecule has 0 amide bonds. The van der Waals surface area contributed by atoms with Gasteiger partial charge in [-0.1, -0.05) is 19.3 Å². The van der Waals surface area contributed by atoms with Crippen molar-refractivity contribution >= 4 is 27.3 Å². The zero-order chi connectivity index (χ0) is 10.7. The van der Waals surface area contributed by atoms with Crippen LogP contribution in [-0.2, 0) is 0 Å². The summed E-state index contributed by atoms with van der Waals surface area (Å²) in [6.45, 7) is 0.803. The minimum atomic E-state index is 0.599. The Morgan fingerprint density at radius 2 is 2.07 bits per heavy atom. The van der Waals surface area contributed by atoms with Crippen molar-refractivity contribution in [3.63, 3.8) is 0 Å². The zero-order valence-electron chi connectivity index (χ0n) is 8.92. The minimum absolute atomic E-state index is 0.599. The Labute approximate surface area is 104 Å². The molecule has 1 aromatic rings. The summed E-state index contributed by atoms with van der Waals surface area (Å²) in [4.78, 5) is 1.47. The smallest absolute Gasteiger partial charge is 0.0701 e. The van der Waals surface area contributed by atoms with Gasteiger partial charge in [0.15, 0.2) is 0 Å². The van der Waals surface area contributed by atoms with Crippen LogP contribution in [0.4, 0.5) is 0 Å². The highest BCUT2D eigenvalue weighted by Crippen LogP contribution is 2.38. The van der Waals surface area contributed by atoms with Gasteiger partial charge in [0, 0.05) is 17.3 Å². The average Bonchev–Trinajstić information content (AvgIpc) is 2.68. The molecule has 1 saturated carbocycles. The highest BCUT2D eigenvalue weighted by molar-refractivity contribution is 9.11. The molecule has 3 heteroatoms. The molecule has 1 fully saturated rings. The van der Waals surface area contributed by atoms with Gasteiger partial charge in [-0.15, -0.1) is 11.3 Å². The van der Waals surface area contributed by atoms with Gasteiger partial charge in [0.2, 0.25) is 0 Å². The first-order chi connectivity index (χ1) is 7.31. The van der Waals surface area contributed by atoms with E-state index in [1.54, 1.807) is 0 Å². The van der Waals surface area contributed by atoms with Crippen molar-refractivity contribution in [1.29, 1.82) is 0 Å². The van der Waals surface area contributed by atoms with Crippen molar-refractivity contribution in [3.05, 3.63) is 20.8 Å². The topological polar surface area (TPSA) is 26.0 Å². The van der Waals surface area contributed by atoms with E-state index in [1.165, 1.54) is 40.8 Å². The first-order valence-corrected chi connectivity index (χ1v) is 7.37. The van der Waals surface area contributed by atoms with E-state index in [2.05, 4.69) is 28.1 Å². The predicted octanol–water partition coefficient (Wildman–Crippen LogP) is 4.13. The van der Waals surface area contributed by atoms with Crippen LogP contribution in [0, 0.1) is 5.92 Å². The highest BCUT2D eigenvalue weighted by atomic mass is 79.9. The van der Waals surface area contributed by atoms with Crippen molar-refractivity contribution in [1.82, 2.24) is 0 Å². The molecule has 15 heavy (non-hydrogen) atoms. The quantitative estimate of drug-likeness (QED) is 0.889. The summed E-state index contributed by atoms with van der Waals surface area (Å²) in [7, 11) is 0. The van der Waals surface area contributed by atoms with E-state index in [4.69, 9.17) is 5.73 Å². The molecular weight excluding hydrogens is 270 g/mol. The van der Waals surface area contributed by atoms with Crippen LogP contribution in [0.15, 0.2) is 15.9 Å². The molecule has 0 aliphatic heterocycles. The molecule has 0 spiro atoms. The molecule has 1 unspecified atom stereocenters. The molecule has 1 atom stereocenters. The first kappa shape index (κ1) is 11.6. The summed E-state index contributed by atoms with van der Waals surface area (Å²) >= 11 is 5.38. The lowest BCUT2D eigenvalue weighted by molar-refractivity contribution is 0.310. The summed E-state index contributed by atoms with van der Waals surface area (Å²) in [5.41, 5.74) is 5.94. The van der Waals surface area contributed by atoms with E-state index in [0.717, 1.165) is 12.5 Å². The molecule has 0 saturated heterocycles. The molecule has 1 aliphatic rings. The SMILES string of the molecule is NCC(c1ccc(Br)s1)C1CCCCC1. The Hall–Kier alpha value is 0.140. The van der Waals surface area contributed by atoms with Crippen LogP contribution in [-0.4, -0.2) is 6.54 Å². The van der Waals surface area contributed by atoms with Gasteiger partial charge < -0.3 is 5.73 Å². The van der Waals surface area contributed by atoms with E-state index in [1.807, 2.05) is 11.3 Å². The molecular formula is C12H18BrNS. The monoisotopic (exact) mass is 287 g/mol. The second-order valence-corrected chi connectivity index (χ2v) is 6.88. The number of halogens is 1. The van der Waals surface area contributed by atoms with Crippen molar-refractivity contribution in [2.75, 3.05) is 6.54 Å². The Balaban J connectivity index is 2.08. The average molecular weight is 288 g/mol. The molecule has 0 radical (unpaired) electrons. The fourth-order valence-electron chi connectivity index (χ4n) is 2.61. The maximum atomic E-state index is 5.94. The summed E-state index contributed by atoms with van der Waals surface area (Å²) < 4.78 is 1.23. The highest BCUT2D eigenvalue weighted by Gasteiger charge is 2.24. The van der Waals surface area contributed by atoms with Crippen molar-refractivity contribution in [2.45, 2.75) is 38.0 Å². The lowest BCUT2D eigenvalue weighted by Crippen LogP contribution is -2.22. The standard InChI is InChI=1S/C12H18BrNS/c13-12-7-6-11(15-12)10(8-14)9-4-2-1-3-5-9/h6-7,9-10H,1-5,8,14H2. The molecule has 2 N–H and O–H groups in total. The van der Waals surface area contributed by atoms with Gasteiger partial charge in [-0.25, -0.2) is 0 Å². The largest absolute Gasteiger partial charge is 0.330 e. The Bertz CT molecular complexity index is 304. The van der Waals surface area contributed by atoms with Crippen LogP contribution in [0.25, 0.3) is 0 Å². The number of hydrogen-bond donors (Lipinski definition) is 1. The fourth-order valence-corrected chi connectivity index (χ4v) is 4.24. The van der Waals surface area contributed by atoms with Crippen LogP contribution in [0.3, 0.4) is 0 Å². The molecule has 2 rings (SSSR count). The maximum absolute atomic E-state index is 5.94. The summed E-state index contributed by atoms with van der Waals surface area (Å²) in [6, 6.07) is 4.38. The molecule has 1 heterocycles. The molecule has 0 bridgehead atoms.